The summed E-state index contributed by atoms with van der Waals surface area (Å²) in [5.74, 6) is 1.75. The van der Waals surface area contributed by atoms with Crippen LogP contribution in [0.25, 0.3) is 0 Å². The Balaban J connectivity index is 1.61. The van der Waals surface area contributed by atoms with Crippen molar-refractivity contribution in [2.24, 2.45) is 5.92 Å². The minimum absolute atomic E-state index is 0.108. The Morgan fingerprint density at radius 2 is 2.14 bits per heavy atom. The van der Waals surface area contributed by atoms with Crippen LogP contribution in [-0.2, 0) is 19.4 Å². The van der Waals surface area contributed by atoms with E-state index in [0.29, 0.717) is 5.92 Å². The molecule has 4 nitrogen and oxygen atoms in total. The summed E-state index contributed by atoms with van der Waals surface area (Å²) in [6.45, 7) is 3.92. The van der Waals surface area contributed by atoms with Gasteiger partial charge in [-0.3, -0.25) is 4.79 Å². The molecular formula is C18H23N3O. The second-order valence-corrected chi connectivity index (χ2v) is 6.13. The molecule has 2 aromatic rings. The first kappa shape index (κ1) is 14.8. The third-order valence-electron chi connectivity index (χ3n) is 4.54. The van der Waals surface area contributed by atoms with Crippen molar-refractivity contribution in [3.05, 3.63) is 53.6 Å². The average Bonchev–Trinajstić information content (AvgIpc) is 3.02. The van der Waals surface area contributed by atoms with Gasteiger partial charge >= 0.3 is 0 Å². The highest BCUT2D eigenvalue weighted by Crippen LogP contribution is 2.20. The van der Waals surface area contributed by atoms with E-state index in [9.17, 15) is 4.79 Å². The fraction of sp³-hybridized carbons (Fsp3) is 0.444. The zero-order chi connectivity index (χ0) is 15.5. The number of fused-ring (bicyclic) bond motifs is 1. The molecule has 1 atom stereocenters. The number of amides is 1. The van der Waals surface area contributed by atoms with Crippen LogP contribution in [0.3, 0.4) is 0 Å². The highest BCUT2D eigenvalue weighted by atomic mass is 16.2. The van der Waals surface area contributed by atoms with Crippen LogP contribution in [0, 0.1) is 5.92 Å². The van der Waals surface area contributed by atoms with E-state index in [4.69, 9.17) is 0 Å². The summed E-state index contributed by atoms with van der Waals surface area (Å²) >= 11 is 0. The Morgan fingerprint density at radius 1 is 1.36 bits per heavy atom. The fourth-order valence-electron chi connectivity index (χ4n) is 3.14. The minimum atomic E-state index is 0.108. The minimum Gasteiger partial charge on any atom is -0.341 e. The molecule has 0 spiro atoms. The van der Waals surface area contributed by atoms with Gasteiger partial charge in [0.05, 0.1) is 0 Å². The predicted octanol–water partition coefficient (Wildman–Crippen LogP) is 2.78. The molecule has 1 aliphatic rings. The standard InChI is InChI=1S/C18H23N3O/c1-3-14-4-6-16(7-5-14)18(22)20(2)13-15-8-10-21-11-9-19-17(21)12-15/h4-7,9,11,15H,3,8,10,12-13H2,1-2H3/t15-/m0/s1. The number of aromatic nitrogens is 2. The van der Waals surface area contributed by atoms with Crippen molar-refractivity contribution in [1.29, 1.82) is 0 Å². The highest BCUT2D eigenvalue weighted by Gasteiger charge is 2.22. The van der Waals surface area contributed by atoms with Crippen molar-refractivity contribution in [2.75, 3.05) is 13.6 Å². The van der Waals surface area contributed by atoms with Crippen LogP contribution < -0.4 is 0 Å². The molecule has 0 radical (unpaired) electrons. The first-order valence-electron chi connectivity index (χ1n) is 8.01. The molecule has 0 saturated carbocycles. The molecule has 0 unspecified atom stereocenters. The molecule has 1 aromatic carbocycles. The van der Waals surface area contributed by atoms with Gasteiger partial charge in [0, 0.05) is 44.5 Å². The Hall–Kier alpha value is -2.10. The van der Waals surface area contributed by atoms with Gasteiger partial charge in [0.2, 0.25) is 0 Å². The highest BCUT2D eigenvalue weighted by molar-refractivity contribution is 5.94. The third kappa shape index (κ3) is 3.06. The molecule has 0 N–H and O–H groups in total. The second-order valence-electron chi connectivity index (χ2n) is 6.13. The molecule has 1 amide bonds. The number of rotatable bonds is 4. The van der Waals surface area contributed by atoms with Gasteiger partial charge in [0.15, 0.2) is 0 Å². The van der Waals surface area contributed by atoms with E-state index in [1.165, 1.54) is 5.56 Å². The van der Waals surface area contributed by atoms with Crippen molar-refractivity contribution in [2.45, 2.75) is 32.7 Å². The molecule has 0 bridgehead atoms. The van der Waals surface area contributed by atoms with Gasteiger partial charge in [0.1, 0.15) is 5.82 Å². The molecule has 1 aromatic heterocycles. The molecule has 22 heavy (non-hydrogen) atoms. The number of benzene rings is 1. The molecule has 0 aliphatic carbocycles. The maximum absolute atomic E-state index is 12.5. The van der Waals surface area contributed by atoms with Crippen molar-refractivity contribution in [3.8, 4) is 0 Å². The molecule has 116 valence electrons. The van der Waals surface area contributed by atoms with Crippen molar-refractivity contribution in [3.63, 3.8) is 0 Å². The molecule has 1 aliphatic heterocycles. The fourth-order valence-corrected chi connectivity index (χ4v) is 3.14. The summed E-state index contributed by atoms with van der Waals surface area (Å²) in [6.07, 6.45) is 6.96. The van der Waals surface area contributed by atoms with Gasteiger partial charge in [-0.1, -0.05) is 19.1 Å². The maximum Gasteiger partial charge on any atom is 0.253 e. The third-order valence-corrected chi connectivity index (χ3v) is 4.54. The van der Waals surface area contributed by atoms with Gasteiger partial charge in [-0.25, -0.2) is 4.98 Å². The SMILES string of the molecule is CCc1ccc(C(=O)N(C)C[C@H]2CCn3ccnc3C2)cc1. The molecule has 2 heterocycles. The summed E-state index contributed by atoms with van der Waals surface area (Å²) in [7, 11) is 1.90. The number of aryl methyl sites for hydroxylation is 2. The zero-order valence-corrected chi connectivity index (χ0v) is 13.3. The van der Waals surface area contributed by atoms with Crippen LogP contribution in [-0.4, -0.2) is 34.0 Å². The van der Waals surface area contributed by atoms with E-state index in [-0.39, 0.29) is 5.91 Å². The average molecular weight is 297 g/mol. The van der Waals surface area contributed by atoms with Crippen molar-refractivity contribution >= 4 is 5.91 Å². The normalized spacial score (nSPS) is 17.1. The number of carbonyl (C=O) groups excluding carboxylic acids is 1. The van der Waals surface area contributed by atoms with E-state index in [2.05, 4.69) is 16.5 Å². The van der Waals surface area contributed by atoms with Crippen LogP contribution in [0.1, 0.15) is 35.1 Å². The van der Waals surface area contributed by atoms with E-state index < -0.39 is 0 Å². The molecular weight excluding hydrogens is 274 g/mol. The summed E-state index contributed by atoms with van der Waals surface area (Å²) in [4.78, 5) is 18.8. The predicted molar refractivity (Wildman–Crippen MR) is 86.8 cm³/mol. The summed E-state index contributed by atoms with van der Waals surface area (Å²) < 4.78 is 2.21. The lowest BCUT2D eigenvalue weighted by Gasteiger charge is -2.28. The van der Waals surface area contributed by atoms with Gasteiger partial charge < -0.3 is 9.47 Å². The van der Waals surface area contributed by atoms with Gasteiger partial charge in [0.25, 0.3) is 5.91 Å². The van der Waals surface area contributed by atoms with E-state index in [0.717, 1.165) is 43.7 Å². The lowest BCUT2D eigenvalue weighted by Crippen LogP contribution is -2.35. The Morgan fingerprint density at radius 3 is 2.86 bits per heavy atom. The summed E-state index contributed by atoms with van der Waals surface area (Å²) in [5, 5.41) is 0. The zero-order valence-electron chi connectivity index (χ0n) is 13.3. The van der Waals surface area contributed by atoms with E-state index >= 15 is 0 Å². The number of hydrogen-bond donors (Lipinski definition) is 0. The first-order chi connectivity index (χ1) is 10.7. The van der Waals surface area contributed by atoms with E-state index in [1.807, 2.05) is 48.6 Å². The van der Waals surface area contributed by atoms with Gasteiger partial charge in [-0.15, -0.1) is 0 Å². The van der Waals surface area contributed by atoms with Crippen LogP contribution in [0.15, 0.2) is 36.7 Å². The monoisotopic (exact) mass is 297 g/mol. The van der Waals surface area contributed by atoms with Crippen molar-refractivity contribution in [1.82, 2.24) is 14.5 Å². The second kappa shape index (κ2) is 6.34. The molecule has 4 heteroatoms. The topological polar surface area (TPSA) is 38.1 Å². The Bertz CT molecular complexity index is 645. The van der Waals surface area contributed by atoms with Gasteiger partial charge in [-0.05, 0) is 36.5 Å². The molecule has 0 fully saturated rings. The smallest absolute Gasteiger partial charge is 0.253 e. The number of imidazole rings is 1. The van der Waals surface area contributed by atoms with E-state index in [1.54, 1.807) is 0 Å². The largest absolute Gasteiger partial charge is 0.341 e. The Labute approximate surface area is 131 Å². The lowest BCUT2D eigenvalue weighted by molar-refractivity contribution is 0.0764. The first-order valence-corrected chi connectivity index (χ1v) is 8.01. The summed E-state index contributed by atoms with van der Waals surface area (Å²) in [6, 6.07) is 7.95. The van der Waals surface area contributed by atoms with Crippen LogP contribution in [0.5, 0.6) is 0 Å². The number of nitrogens with zero attached hydrogens (tertiary/aromatic N) is 3. The van der Waals surface area contributed by atoms with Crippen LogP contribution >= 0.6 is 0 Å². The van der Waals surface area contributed by atoms with Gasteiger partial charge in [-0.2, -0.15) is 0 Å². The van der Waals surface area contributed by atoms with Crippen molar-refractivity contribution < 1.29 is 4.79 Å². The molecule has 0 saturated heterocycles. The van der Waals surface area contributed by atoms with Crippen LogP contribution in [0.2, 0.25) is 0 Å². The molecule has 3 rings (SSSR count). The maximum atomic E-state index is 12.5. The lowest BCUT2D eigenvalue weighted by atomic mass is 9.97. The summed E-state index contributed by atoms with van der Waals surface area (Å²) in [5.41, 5.74) is 2.04. The Kier molecular flexibility index (Phi) is 4.27. The number of hydrogen-bond acceptors (Lipinski definition) is 2. The quantitative estimate of drug-likeness (QED) is 0.870. The number of carbonyl (C=O) groups is 1. The van der Waals surface area contributed by atoms with Crippen LogP contribution in [0.4, 0.5) is 0 Å².